The normalized spacial score (nSPS) is 16.2. The minimum Gasteiger partial charge on any atom is -0.495 e. The van der Waals surface area contributed by atoms with E-state index >= 15 is 0 Å². The van der Waals surface area contributed by atoms with E-state index in [9.17, 15) is 9.59 Å². The molecule has 2 aromatic carbocycles. The average Bonchev–Trinajstić information content (AvgIpc) is 2.67. The molecule has 1 heterocycles. The highest BCUT2D eigenvalue weighted by Gasteiger charge is 2.31. The molecule has 0 spiro atoms. The van der Waals surface area contributed by atoms with Crippen LogP contribution < -0.4 is 19.5 Å². The highest BCUT2D eigenvalue weighted by atomic mass is 16.6. The second kappa shape index (κ2) is 7.99. The number of ether oxygens (including phenoxy) is 4. The number of rotatable bonds is 5. The number of fused-ring (bicyclic) bond motifs is 1. The fourth-order valence-electron chi connectivity index (χ4n) is 2.59. The van der Waals surface area contributed by atoms with Gasteiger partial charge in [-0.25, -0.2) is 4.79 Å². The number of amides is 1. The molecule has 0 aromatic heterocycles. The zero-order chi connectivity index (χ0) is 19.4. The number of benzene rings is 2. The van der Waals surface area contributed by atoms with Crippen LogP contribution in [0.3, 0.4) is 0 Å². The first-order valence-corrected chi connectivity index (χ1v) is 8.52. The molecule has 2 aromatic rings. The molecule has 0 aliphatic carbocycles. The summed E-state index contributed by atoms with van der Waals surface area (Å²) in [6.45, 7) is 3.42. The van der Waals surface area contributed by atoms with Crippen molar-refractivity contribution in [3.63, 3.8) is 0 Å². The Balaban J connectivity index is 1.60. The van der Waals surface area contributed by atoms with Crippen molar-refractivity contribution >= 4 is 17.6 Å². The molecule has 1 amide bonds. The molecule has 1 aliphatic rings. The fourth-order valence-corrected chi connectivity index (χ4v) is 2.59. The van der Waals surface area contributed by atoms with Crippen molar-refractivity contribution in [2.24, 2.45) is 0 Å². The smallest absolute Gasteiger partial charge is 0.351 e. The Labute approximate surface area is 157 Å². The molecule has 1 aliphatic heterocycles. The molecular formula is C20H21NO6. The lowest BCUT2D eigenvalue weighted by Crippen LogP contribution is -2.41. The van der Waals surface area contributed by atoms with Gasteiger partial charge in [0.15, 0.2) is 17.6 Å². The number of esters is 1. The summed E-state index contributed by atoms with van der Waals surface area (Å²) < 4.78 is 21.6. The molecule has 2 atom stereocenters. The van der Waals surface area contributed by atoms with Gasteiger partial charge >= 0.3 is 5.97 Å². The molecule has 0 radical (unpaired) electrons. The Morgan fingerprint density at radius 3 is 2.67 bits per heavy atom. The molecular weight excluding hydrogens is 350 g/mol. The maximum absolute atomic E-state index is 12.4. The second-order valence-electron chi connectivity index (χ2n) is 6.14. The van der Waals surface area contributed by atoms with Crippen LogP contribution in [-0.2, 0) is 14.3 Å². The Morgan fingerprint density at radius 1 is 1.19 bits per heavy atom. The lowest BCUT2D eigenvalue weighted by atomic mass is 10.2. The minimum absolute atomic E-state index is 0.0237. The molecule has 142 valence electrons. The SMILES string of the molecule is COc1ccc(C)cc1NC(=O)[C@@H](C)OC(=O)[C@H]1COc2ccccc2O1. The molecule has 7 nitrogen and oxygen atoms in total. The predicted molar refractivity (Wildman–Crippen MR) is 98.3 cm³/mol. The number of carbonyl (C=O) groups excluding carboxylic acids is 2. The molecule has 1 N–H and O–H groups in total. The Morgan fingerprint density at radius 2 is 1.93 bits per heavy atom. The van der Waals surface area contributed by atoms with Crippen LogP contribution in [0.2, 0.25) is 0 Å². The quantitative estimate of drug-likeness (QED) is 0.814. The van der Waals surface area contributed by atoms with Crippen LogP contribution in [0.1, 0.15) is 12.5 Å². The van der Waals surface area contributed by atoms with Gasteiger partial charge in [0.05, 0.1) is 12.8 Å². The zero-order valence-electron chi connectivity index (χ0n) is 15.4. The monoisotopic (exact) mass is 371 g/mol. The van der Waals surface area contributed by atoms with Crippen LogP contribution >= 0.6 is 0 Å². The zero-order valence-corrected chi connectivity index (χ0v) is 15.4. The molecule has 0 bridgehead atoms. The van der Waals surface area contributed by atoms with Gasteiger partial charge in [-0.2, -0.15) is 0 Å². The van der Waals surface area contributed by atoms with Crippen LogP contribution in [0.5, 0.6) is 17.2 Å². The van der Waals surface area contributed by atoms with Gasteiger partial charge in [0.1, 0.15) is 12.4 Å². The number of aryl methyl sites for hydroxylation is 1. The van der Waals surface area contributed by atoms with E-state index in [1.54, 1.807) is 30.3 Å². The minimum atomic E-state index is -1.01. The topological polar surface area (TPSA) is 83.1 Å². The predicted octanol–water partition coefficient (Wildman–Crippen LogP) is 2.71. The van der Waals surface area contributed by atoms with E-state index in [-0.39, 0.29) is 6.61 Å². The standard InChI is InChI=1S/C20H21NO6/c1-12-8-9-15(24-3)14(10-12)21-19(22)13(2)26-20(23)18-11-25-16-6-4-5-7-17(16)27-18/h4-10,13,18H,11H2,1-3H3,(H,21,22)/t13-,18-/m1/s1. The van der Waals surface area contributed by atoms with E-state index in [2.05, 4.69) is 5.32 Å². The fraction of sp³-hybridized carbons (Fsp3) is 0.300. The lowest BCUT2D eigenvalue weighted by Gasteiger charge is -2.26. The van der Waals surface area contributed by atoms with Gasteiger partial charge < -0.3 is 24.3 Å². The van der Waals surface area contributed by atoms with Gasteiger partial charge in [0.25, 0.3) is 5.91 Å². The van der Waals surface area contributed by atoms with Gasteiger partial charge in [0.2, 0.25) is 6.10 Å². The summed E-state index contributed by atoms with van der Waals surface area (Å²) in [5.74, 6) is 0.423. The molecule has 7 heteroatoms. The highest BCUT2D eigenvalue weighted by Crippen LogP contribution is 2.31. The summed E-state index contributed by atoms with van der Waals surface area (Å²) in [4.78, 5) is 24.7. The van der Waals surface area contributed by atoms with Crippen molar-refractivity contribution in [3.8, 4) is 17.2 Å². The summed E-state index contributed by atoms with van der Waals surface area (Å²) in [7, 11) is 1.52. The van der Waals surface area contributed by atoms with Crippen LogP contribution in [0.4, 0.5) is 5.69 Å². The van der Waals surface area contributed by atoms with E-state index in [0.717, 1.165) is 5.56 Å². The van der Waals surface area contributed by atoms with E-state index in [1.807, 2.05) is 19.1 Å². The average molecular weight is 371 g/mol. The number of anilines is 1. The van der Waals surface area contributed by atoms with Crippen molar-refractivity contribution in [2.45, 2.75) is 26.1 Å². The van der Waals surface area contributed by atoms with Crippen LogP contribution in [-0.4, -0.2) is 37.8 Å². The number of carbonyl (C=O) groups is 2. The van der Waals surface area contributed by atoms with Gasteiger partial charge in [-0.05, 0) is 43.7 Å². The highest BCUT2D eigenvalue weighted by molar-refractivity contribution is 5.96. The maximum atomic E-state index is 12.4. The van der Waals surface area contributed by atoms with E-state index < -0.39 is 24.1 Å². The first-order chi connectivity index (χ1) is 13.0. The maximum Gasteiger partial charge on any atom is 0.351 e. The first kappa shape index (κ1) is 18.6. The summed E-state index contributed by atoms with van der Waals surface area (Å²) in [6, 6.07) is 12.5. The summed E-state index contributed by atoms with van der Waals surface area (Å²) in [5.41, 5.74) is 1.47. The van der Waals surface area contributed by atoms with Crippen LogP contribution in [0.25, 0.3) is 0 Å². The Kier molecular flexibility index (Phi) is 5.49. The number of hydrogen-bond acceptors (Lipinski definition) is 6. The molecule has 0 unspecified atom stereocenters. The van der Waals surface area contributed by atoms with Crippen molar-refractivity contribution in [1.29, 1.82) is 0 Å². The second-order valence-corrected chi connectivity index (χ2v) is 6.14. The molecule has 0 saturated carbocycles. The third kappa shape index (κ3) is 4.31. The lowest BCUT2D eigenvalue weighted by molar-refractivity contribution is -0.162. The summed E-state index contributed by atoms with van der Waals surface area (Å²) >= 11 is 0. The number of nitrogens with one attached hydrogen (secondary N) is 1. The van der Waals surface area contributed by atoms with Crippen LogP contribution in [0.15, 0.2) is 42.5 Å². The summed E-state index contributed by atoms with van der Waals surface area (Å²) in [5, 5.41) is 2.71. The first-order valence-electron chi connectivity index (χ1n) is 8.52. The van der Waals surface area contributed by atoms with Gasteiger partial charge in [-0.3, -0.25) is 4.79 Å². The van der Waals surface area contributed by atoms with Crippen LogP contribution in [0, 0.1) is 6.92 Å². The van der Waals surface area contributed by atoms with Gasteiger partial charge in [-0.1, -0.05) is 18.2 Å². The van der Waals surface area contributed by atoms with Crippen molar-refractivity contribution in [1.82, 2.24) is 0 Å². The van der Waals surface area contributed by atoms with Crippen molar-refractivity contribution in [2.75, 3.05) is 19.0 Å². The molecule has 0 fully saturated rings. The molecule has 27 heavy (non-hydrogen) atoms. The van der Waals surface area contributed by atoms with Gasteiger partial charge in [-0.15, -0.1) is 0 Å². The van der Waals surface area contributed by atoms with E-state index in [4.69, 9.17) is 18.9 Å². The van der Waals surface area contributed by atoms with Crippen molar-refractivity contribution in [3.05, 3.63) is 48.0 Å². The Bertz CT molecular complexity index is 850. The number of para-hydroxylation sites is 2. The molecule has 0 saturated heterocycles. The van der Waals surface area contributed by atoms with Crippen molar-refractivity contribution < 1.29 is 28.5 Å². The Hall–Kier alpha value is -3.22. The number of methoxy groups -OCH3 is 1. The number of hydrogen-bond donors (Lipinski definition) is 1. The van der Waals surface area contributed by atoms with Gasteiger partial charge in [0, 0.05) is 0 Å². The third-order valence-corrected chi connectivity index (χ3v) is 4.05. The molecule has 3 rings (SSSR count). The summed E-state index contributed by atoms with van der Waals surface area (Å²) in [6.07, 6.45) is -1.94. The largest absolute Gasteiger partial charge is 0.495 e. The van der Waals surface area contributed by atoms with E-state index in [0.29, 0.717) is 22.9 Å². The third-order valence-electron chi connectivity index (χ3n) is 4.05. The van der Waals surface area contributed by atoms with E-state index in [1.165, 1.54) is 14.0 Å².